The third-order valence-corrected chi connectivity index (χ3v) is 8.51. The number of aliphatic hydroxyl groups is 2. The maximum absolute atomic E-state index is 11.5. The largest absolute Gasteiger partial charge is 0.493 e. The normalized spacial score (nSPS) is 20.7. The van der Waals surface area contributed by atoms with Gasteiger partial charge in [0.25, 0.3) is 0 Å². The molecule has 3 heterocycles. The van der Waals surface area contributed by atoms with Crippen LogP contribution in [0.5, 0.6) is 17.2 Å². The number of nitrogens with two attached hydrogens (primary N) is 1. The highest BCUT2D eigenvalue weighted by Crippen LogP contribution is 2.42. The van der Waals surface area contributed by atoms with Crippen LogP contribution in [-0.4, -0.2) is 88.1 Å². The summed E-state index contributed by atoms with van der Waals surface area (Å²) in [7, 11) is 4.65. The number of carbonyl (C=O) groups is 1. The van der Waals surface area contributed by atoms with Crippen LogP contribution in [0, 0.1) is 0 Å². The lowest BCUT2D eigenvalue weighted by atomic mass is 9.98. The number of hydrogen-bond acceptors (Lipinski definition) is 13. The van der Waals surface area contributed by atoms with Crippen molar-refractivity contribution in [3.63, 3.8) is 0 Å². The molecule has 0 radical (unpaired) electrons. The highest BCUT2D eigenvalue weighted by molar-refractivity contribution is 5.81. The lowest BCUT2D eigenvalue weighted by Gasteiger charge is -2.29. The average Bonchev–Trinajstić information content (AvgIpc) is 3.63. The van der Waals surface area contributed by atoms with Crippen LogP contribution in [-0.2, 0) is 19.0 Å². The molecule has 1 saturated heterocycles. The first-order chi connectivity index (χ1) is 22.7. The van der Waals surface area contributed by atoms with E-state index in [0.29, 0.717) is 47.9 Å². The Morgan fingerprint density at radius 3 is 2.26 bits per heavy atom. The van der Waals surface area contributed by atoms with Crippen LogP contribution in [0.3, 0.4) is 0 Å². The summed E-state index contributed by atoms with van der Waals surface area (Å²) in [5.74, 6) is 1.54. The second-order valence-electron chi connectivity index (χ2n) is 11.6. The van der Waals surface area contributed by atoms with Crippen LogP contribution in [0.25, 0.3) is 11.2 Å². The van der Waals surface area contributed by atoms with E-state index in [1.807, 2.05) is 26.0 Å². The van der Waals surface area contributed by atoms with Gasteiger partial charge in [-0.05, 0) is 44.4 Å². The SMILES string of the molecule is CCOC(=O)CCCCCCCCCC(OC(C)c1cc(OC)c(OC)c(OC)c1)[C@H]1O[C@@H](n2cnc3c(N)ncnc32)[C@H](O)[C@@H]1O. The highest BCUT2D eigenvalue weighted by atomic mass is 16.6. The Morgan fingerprint density at radius 2 is 1.62 bits per heavy atom. The summed E-state index contributed by atoms with van der Waals surface area (Å²) in [4.78, 5) is 24.1. The molecule has 1 aromatic carbocycles. The number of aromatic nitrogens is 4. The molecule has 0 bridgehead atoms. The van der Waals surface area contributed by atoms with Gasteiger partial charge < -0.3 is 44.4 Å². The van der Waals surface area contributed by atoms with Crippen LogP contribution in [0.2, 0.25) is 0 Å². The Balaban J connectivity index is 1.45. The average molecular weight is 660 g/mol. The second-order valence-corrected chi connectivity index (χ2v) is 11.6. The summed E-state index contributed by atoms with van der Waals surface area (Å²) in [6, 6.07) is 3.66. The van der Waals surface area contributed by atoms with Gasteiger partial charge in [-0.25, -0.2) is 15.0 Å². The van der Waals surface area contributed by atoms with Gasteiger partial charge in [-0.1, -0.05) is 38.5 Å². The van der Waals surface area contributed by atoms with Gasteiger partial charge >= 0.3 is 5.97 Å². The minimum atomic E-state index is -1.27. The molecule has 47 heavy (non-hydrogen) atoms. The van der Waals surface area contributed by atoms with Crippen molar-refractivity contribution >= 4 is 23.0 Å². The molecule has 2 unspecified atom stereocenters. The molecule has 14 heteroatoms. The number of rotatable bonds is 19. The number of imidazole rings is 1. The van der Waals surface area contributed by atoms with Crippen molar-refractivity contribution in [2.24, 2.45) is 0 Å². The maximum atomic E-state index is 11.5. The molecule has 1 fully saturated rings. The Hall–Kier alpha value is -3.72. The lowest BCUT2D eigenvalue weighted by Crippen LogP contribution is -2.40. The molecule has 0 aliphatic carbocycles. The Morgan fingerprint density at radius 1 is 0.957 bits per heavy atom. The summed E-state index contributed by atoms with van der Waals surface area (Å²) in [5, 5.41) is 22.5. The summed E-state index contributed by atoms with van der Waals surface area (Å²) >= 11 is 0. The van der Waals surface area contributed by atoms with Crippen LogP contribution in [0.4, 0.5) is 5.82 Å². The molecule has 4 N–H and O–H groups in total. The molecule has 0 amide bonds. The number of carbonyl (C=O) groups excluding carboxylic acids is 1. The first-order valence-electron chi connectivity index (χ1n) is 16.3. The quantitative estimate of drug-likeness (QED) is 0.123. The zero-order valence-electron chi connectivity index (χ0n) is 28.0. The molecule has 0 saturated carbocycles. The minimum absolute atomic E-state index is 0.137. The number of benzene rings is 1. The first-order valence-corrected chi connectivity index (χ1v) is 16.3. The molecule has 260 valence electrons. The van der Waals surface area contributed by atoms with Gasteiger partial charge in [0.15, 0.2) is 29.2 Å². The zero-order valence-corrected chi connectivity index (χ0v) is 28.0. The smallest absolute Gasteiger partial charge is 0.305 e. The zero-order chi connectivity index (χ0) is 33.9. The van der Waals surface area contributed by atoms with Crippen molar-refractivity contribution in [3.8, 4) is 17.2 Å². The Labute approximate surface area is 275 Å². The monoisotopic (exact) mass is 659 g/mol. The predicted octanol–water partition coefficient (Wildman–Crippen LogP) is 4.27. The number of esters is 1. The van der Waals surface area contributed by atoms with Gasteiger partial charge in [0, 0.05) is 6.42 Å². The molecule has 0 spiro atoms. The van der Waals surface area contributed by atoms with Gasteiger partial charge in [-0.15, -0.1) is 0 Å². The fourth-order valence-electron chi connectivity index (χ4n) is 6.00. The number of nitrogen functional groups attached to an aromatic ring is 1. The van der Waals surface area contributed by atoms with Crippen molar-refractivity contribution in [2.45, 2.75) is 108 Å². The van der Waals surface area contributed by atoms with Gasteiger partial charge in [-0.2, -0.15) is 0 Å². The first kappa shape index (κ1) is 36.1. The van der Waals surface area contributed by atoms with Gasteiger partial charge in [0.05, 0.1) is 46.5 Å². The van der Waals surface area contributed by atoms with Crippen molar-refractivity contribution in [1.29, 1.82) is 0 Å². The minimum Gasteiger partial charge on any atom is -0.493 e. The number of aliphatic hydroxyl groups excluding tert-OH is 2. The van der Waals surface area contributed by atoms with E-state index in [-0.39, 0.29) is 11.8 Å². The van der Waals surface area contributed by atoms with Crippen molar-refractivity contribution < 1.29 is 43.4 Å². The van der Waals surface area contributed by atoms with E-state index in [1.54, 1.807) is 25.9 Å². The second kappa shape index (κ2) is 17.4. The lowest BCUT2D eigenvalue weighted by molar-refractivity contribution is -0.143. The molecular weight excluding hydrogens is 610 g/mol. The third kappa shape index (κ3) is 8.80. The number of ether oxygens (including phenoxy) is 6. The Kier molecular flexibility index (Phi) is 13.4. The molecule has 1 aliphatic heterocycles. The number of unbranched alkanes of at least 4 members (excludes halogenated alkanes) is 6. The summed E-state index contributed by atoms with van der Waals surface area (Å²) in [6.07, 6.45) is 5.18. The van der Waals surface area contributed by atoms with E-state index in [4.69, 9.17) is 34.2 Å². The fraction of sp³-hybridized carbons (Fsp3) is 0.636. The third-order valence-electron chi connectivity index (χ3n) is 8.51. The van der Waals surface area contributed by atoms with Gasteiger partial charge in [0.2, 0.25) is 5.75 Å². The predicted molar refractivity (Wildman–Crippen MR) is 173 cm³/mol. The van der Waals surface area contributed by atoms with E-state index in [2.05, 4.69) is 15.0 Å². The standard InChI is InChI=1S/C33H49N5O9/c1-6-45-25(39)15-13-11-9-7-8-10-12-14-22(46-20(2)21-16-23(42-3)29(44-5)24(17-21)43-4)30-27(40)28(41)33(47-30)38-19-37-26-31(34)35-18-36-32(26)38/h16-20,22,27-28,30,33,40-41H,6-15H2,1-5H3,(H2,34,35,36)/t20?,22?,27-,28+,30+,33+/m0/s1. The van der Waals surface area contributed by atoms with Crippen molar-refractivity contribution in [3.05, 3.63) is 30.4 Å². The van der Waals surface area contributed by atoms with Crippen molar-refractivity contribution in [1.82, 2.24) is 19.5 Å². The van der Waals surface area contributed by atoms with E-state index in [0.717, 1.165) is 50.5 Å². The van der Waals surface area contributed by atoms with E-state index in [1.165, 1.54) is 12.7 Å². The summed E-state index contributed by atoms with van der Waals surface area (Å²) in [6.45, 7) is 4.13. The van der Waals surface area contributed by atoms with Gasteiger partial charge in [0.1, 0.15) is 30.2 Å². The van der Waals surface area contributed by atoms with E-state index >= 15 is 0 Å². The number of hydrogen-bond donors (Lipinski definition) is 3. The molecule has 2 aromatic heterocycles. The maximum Gasteiger partial charge on any atom is 0.305 e. The van der Waals surface area contributed by atoms with Crippen molar-refractivity contribution in [2.75, 3.05) is 33.7 Å². The highest BCUT2D eigenvalue weighted by Gasteiger charge is 2.48. The number of nitrogens with zero attached hydrogens (tertiary/aromatic N) is 4. The van der Waals surface area contributed by atoms with Crippen LogP contribution >= 0.6 is 0 Å². The topological polar surface area (TPSA) is 183 Å². The summed E-state index contributed by atoms with van der Waals surface area (Å²) < 4.78 is 36.1. The molecule has 4 rings (SSSR count). The Bertz CT molecular complexity index is 1410. The number of anilines is 1. The number of methoxy groups -OCH3 is 3. The van der Waals surface area contributed by atoms with Crippen LogP contribution < -0.4 is 19.9 Å². The van der Waals surface area contributed by atoms with E-state index in [9.17, 15) is 15.0 Å². The molecular formula is C33H49N5O9. The van der Waals surface area contributed by atoms with Crippen LogP contribution in [0.15, 0.2) is 24.8 Å². The van der Waals surface area contributed by atoms with Gasteiger partial charge in [-0.3, -0.25) is 9.36 Å². The number of fused-ring (bicyclic) bond motifs is 1. The van der Waals surface area contributed by atoms with E-state index < -0.39 is 36.7 Å². The molecule has 14 nitrogen and oxygen atoms in total. The molecule has 3 aromatic rings. The molecule has 1 aliphatic rings. The summed E-state index contributed by atoms with van der Waals surface area (Å²) in [5.41, 5.74) is 7.52. The van der Waals surface area contributed by atoms with Crippen LogP contribution in [0.1, 0.15) is 89.5 Å². The fourth-order valence-corrected chi connectivity index (χ4v) is 6.00. The molecule has 6 atom stereocenters.